The van der Waals surface area contributed by atoms with E-state index in [1.807, 2.05) is 0 Å². The van der Waals surface area contributed by atoms with Crippen molar-refractivity contribution in [2.45, 2.75) is 0 Å². The van der Waals surface area contributed by atoms with Gasteiger partial charge in [0.05, 0.1) is 25.3 Å². The van der Waals surface area contributed by atoms with Crippen molar-refractivity contribution in [3.05, 3.63) is 63.0 Å². The number of carbonyl (C=O) groups is 2. The fraction of sp³-hybridized carbons (Fsp3) is 0.100. The second-order valence-corrected chi connectivity index (χ2v) is 7.97. The molecule has 0 saturated carbocycles. The van der Waals surface area contributed by atoms with Gasteiger partial charge in [-0.2, -0.15) is 10.1 Å². The number of amides is 1. The molecule has 1 amide bonds. The smallest absolute Gasteiger partial charge is 0.340 e. The van der Waals surface area contributed by atoms with Gasteiger partial charge in [-0.05, 0) is 48.1 Å². The van der Waals surface area contributed by atoms with Crippen molar-refractivity contribution in [2.75, 3.05) is 14.2 Å². The highest BCUT2D eigenvalue weighted by molar-refractivity contribution is 8.26. The maximum atomic E-state index is 12.7. The van der Waals surface area contributed by atoms with E-state index in [2.05, 4.69) is 5.10 Å². The third-order valence-electron chi connectivity index (χ3n) is 4.05. The van der Waals surface area contributed by atoms with E-state index in [-0.39, 0.29) is 26.9 Å². The van der Waals surface area contributed by atoms with Crippen LogP contribution in [0.5, 0.6) is 11.5 Å². The standard InChI is InChI=1S/C20H15ClN2O5S2/c1-27-14-8-5-12(16(19(25)26)17(14)28-2)10-22-23-18(24)15(30-20(23)29)9-11-3-6-13(21)7-4-11/h3-10H,1-2H3,(H,25,26)/b15-9+,22-10+. The zero-order valence-corrected chi connectivity index (χ0v) is 18.2. The molecule has 1 saturated heterocycles. The minimum Gasteiger partial charge on any atom is -0.493 e. The van der Waals surface area contributed by atoms with Gasteiger partial charge >= 0.3 is 5.97 Å². The largest absolute Gasteiger partial charge is 0.493 e. The van der Waals surface area contributed by atoms with E-state index in [1.165, 1.54) is 26.5 Å². The van der Waals surface area contributed by atoms with Gasteiger partial charge in [-0.3, -0.25) is 4.79 Å². The molecule has 7 nitrogen and oxygen atoms in total. The van der Waals surface area contributed by atoms with Crippen molar-refractivity contribution in [3.63, 3.8) is 0 Å². The number of nitrogens with zero attached hydrogens (tertiary/aromatic N) is 2. The molecule has 154 valence electrons. The first-order chi connectivity index (χ1) is 14.3. The van der Waals surface area contributed by atoms with Crippen molar-refractivity contribution >= 4 is 64.1 Å². The van der Waals surface area contributed by atoms with Gasteiger partial charge in [0.2, 0.25) is 0 Å². The van der Waals surface area contributed by atoms with Crippen molar-refractivity contribution < 1.29 is 24.2 Å². The Morgan fingerprint density at radius 2 is 1.90 bits per heavy atom. The third kappa shape index (κ3) is 4.48. The Morgan fingerprint density at radius 1 is 1.20 bits per heavy atom. The number of hydrogen-bond donors (Lipinski definition) is 1. The maximum absolute atomic E-state index is 12.7. The second-order valence-electron chi connectivity index (χ2n) is 5.86. The number of benzene rings is 2. The lowest BCUT2D eigenvalue weighted by atomic mass is 10.1. The van der Waals surface area contributed by atoms with Crippen LogP contribution in [0.3, 0.4) is 0 Å². The topological polar surface area (TPSA) is 88.4 Å². The van der Waals surface area contributed by atoms with E-state index in [0.717, 1.165) is 22.3 Å². The van der Waals surface area contributed by atoms with E-state index in [1.54, 1.807) is 36.4 Å². The molecule has 0 atom stereocenters. The number of hydrogen-bond acceptors (Lipinski definition) is 7. The highest BCUT2D eigenvalue weighted by Gasteiger charge is 2.32. The summed E-state index contributed by atoms with van der Waals surface area (Å²) in [6, 6.07) is 10.1. The van der Waals surface area contributed by atoms with Crippen LogP contribution in [-0.4, -0.2) is 46.7 Å². The summed E-state index contributed by atoms with van der Waals surface area (Å²) >= 11 is 12.2. The summed E-state index contributed by atoms with van der Waals surface area (Å²) in [6.45, 7) is 0. The van der Waals surface area contributed by atoms with Crippen LogP contribution in [-0.2, 0) is 4.79 Å². The SMILES string of the molecule is COc1ccc(/C=N/N2C(=O)/C(=C\c3ccc(Cl)cc3)SC2=S)c(C(=O)O)c1OC. The van der Waals surface area contributed by atoms with Gasteiger partial charge in [0.1, 0.15) is 5.56 Å². The zero-order chi connectivity index (χ0) is 21.8. The van der Waals surface area contributed by atoms with Crippen LogP contribution in [0, 0.1) is 0 Å². The summed E-state index contributed by atoms with van der Waals surface area (Å²) in [4.78, 5) is 24.8. The average Bonchev–Trinajstić information content (AvgIpc) is 2.99. The van der Waals surface area contributed by atoms with Gasteiger partial charge in [0, 0.05) is 10.6 Å². The third-order valence-corrected chi connectivity index (χ3v) is 5.58. The van der Waals surface area contributed by atoms with Crippen LogP contribution in [0.1, 0.15) is 21.5 Å². The van der Waals surface area contributed by atoms with E-state index in [4.69, 9.17) is 33.3 Å². The first-order valence-electron chi connectivity index (χ1n) is 8.41. The van der Waals surface area contributed by atoms with Crippen LogP contribution in [0.2, 0.25) is 5.02 Å². The molecule has 10 heteroatoms. The Hall–Kier alpha value is -2.88. The summed E-state index contributed by atoms with van der Waals surface area (Å²) in [7, 11) is 2.75. The molecule has 2 aromatic carbocycles. The van der Waals surface area contributed by atoms with E-state index in [0.29, 0.717) is 9.93 Å². The Morgan fingerprint density at radius 3 is 2.50 bits per heavy atom. The number of hydrazone groups is 1. The number of carboxylic acids is 1. The molecule has 0 bridgehead atoms. The average molecular weight is 463 g/mol. The number of thioether (sulfide) groups is 1. The maximum Gasteiger partial charge on any atom is 0.340 e. The van der Waals surface area contributed by atoms with Crippen LogP contribution in [0.15, 0.2) is 46.4 Å². The molecule has 1 heterocycles. The van der Waals surface area contributed by atoms with Gasteiger partial charge in [-0.25, -0.2) is 4.79 Å². The number of halogens is 1. The molecular formula is C20H15ClN2O5S2. The molecule has 30 heavy (non-hydrogen) atoms. The van der Waals surface area contributed by atoms with E-state index in [9.17, 15) is 14.7 Å². The molecule has 0 unspecified atom stereocenters. The fourth-order valence-electron chi connectivity index (χ4n) is 2.66. The highest BCUT2D eigenvalue weighted by atomic mass is 35.5. The van der Waals surface area contributed by atoms with Crippen molar-refractivity contribution in [1.82, 2.24) is 5.01 Å². The van der Waals surface area contributed by atoms with Crippen molar-refractivity contribution in [3.8, 4) is 11.5 Å². The molecule has 0 radical (unpaired) electrons. The number of ether oxygens (including phenoxy) is 2. The molecule has 1 aliphatic heterocycles. The lowest BCUT2D eigenvalue weighted by Crippen LogP contribution is -2.22. The Kier molecular flexibility index (Phi) is 6.76. The Bertz CT molecular complexity index is 1080. The van der Waals surface area contributed by atoms with Crippen LogP contribution < -0.4 is 9.47 Å². The monoisotopic (exact) mass is 462 g/mol. The van der Waals surface area contributed by atoms with Gasteiger partial charge < -0.3 is 14.6 Å². The van der Waals surface area contributed by atoms with Crippen molar-refractivity contribution in [2.24, 2.45) is 5.10 Å². The summed E-state index contributed by atoms with van der Waals surface area (Å²) in [6.07, 6.45) is 2.94. The Balaban J connectivity index is 1.91. The number of aromatic carboxylic acids is 1. The minimum absolute atomic E-state index is 0.0574. The van der Waals surface area contributed by atoms with E-state index < -0.39 is 11.9 Å². The predicted molar refractivity (Wildman–Crippen MR) is 121 cm³/mol. The van der Waals surface area contributed by atoms with Gasteiger partial charge in [0.15, 0.2) is 15.8 Å². The van der Waals surface area contributed by atoms with Gasteiger partial charge in [-0.15, -0.1) is 0 Å². The molecule has 1 N–H and O–H groups in total. The molecule has 0 spiro atoms. The summed E-state index contributed by atoms with van der Waals surface area (Å²) in [5.41, 5.74) is 0.885. The van der Waals surface area contributed by atoms with Crippen LogP contribution >= 0.6 is 35.6 Å². The lowest BCUT2D eigenvalue weighted by molar-refractivity contribution is -0.122. The molecule has 2 aromatic rings. The van der Waals surface area contributed by atoms with Gasteiger partial charge in [-0.1, -0.05) is 35.5 Å². The molecular weight excluding hydrogens is 448 g/mol. The summed E-state index contributed by atoms with van der Waals surface area (Å²) < 4.78 is 10.5. The summed E-state index contributed by atoms with van der Waals surface area (Å²) in [5, 5.41) is 15.3. The number of methoxy groups -OCH3 is 2. The number of thiocarbonyl (C=S) groups is 1. The van der Waals surface area contributed by atoms with Crippen LogP contribution in [0.4, 0.5) is 0 Å². The zero-order valence-electron chi connectivity index (χ0n) is 15.8. The van der Waals surface area contributed by atoms with Crippen molar-refractivity contribution in [1.29, 1.82) is 0 Å². The quantitative estimate of drug-likeness (QED) is 0.389. The first kappa shape index (κ1) is 21.8. The normalized spacial score (nSPS) is 15.3. The highest BCUT2D eigenvalue weighted by Crippen LogP contribution is 2.35. The molecule has 1 fully saturated rings. The minimum atomic E-state index is -1.22. The fourth-order valence-corrected chi connectivity index (χ4v) is 3.96. The first-order valence-corrected chi connectivity index (χ1v) is 10.0. The Labute approximate surface area is 186 Å². The summed E-state index contributed by atoms with van der Waals surface area (Å²) in [5.74, 6) is -1.31. The van der Waals surface area contributed by atoms with Gasteiger partial charge in [0.25, 0.3) is 5.91 Å². The molecule has 0 aliphatic carbocycles. The lowest BCUT2D eigenvalue weighted by Gasteiger charge is -2.13. The molecule has 3 rings (SSSR count). The number of rotatable bonds is 6. The molecule has 0 aromatic heterocycles. The van der Waals surface area contributed by atoms with E-state index >= 15 is 0 Å². The number of carboxylic acid groups (broad SMARTS) is 1. The second kappa shape index (κ2) is 9.29. The van der Waals surface area contributed by atoms with Crippen LogP contribution in [0.25, 0.3) is 6.08 Å². The predicted octanol–water partition coefficient (Wildman–Crippen LogP) is 4.29. The molecule has 1 aliphatic rings. The number of carbonyl (C=O) groups excluding carboxylic acids is 1.